The zero-order chi connectivity index (χ0) is 10.6. The molecule has 78 valence electrons. The van der Waals surface area contributed by atoms with Crippen LogP contribution in [-0.4, -0.2) is 12.0 Å². The summed E-state index contributed by atoms with van der Waals surface area (Å²) in [4.78, 5) is 0. The van der Waals surface area contributed by atoms with E-state index in [0.717, 1.165) is 5.75 Å². The highest BCUT2D eigenvalue weighted by molar-refractivity contribution is 7.98. The third kappa shape index (κ3) is 2.76. The predicted molar refractivity (Wildman–Crippen MR) is 65.7 cm³/mol. The minimum absolute atomic E-state index is 0.256. The lowest BCUT2D eigenvalue weighted by atomic mass is 9.86. The van der Waals surface area contributed by atoms with Gasteiger partial charge in [0.15, 0.2) is 0 Å². The molecule has 1 nitrogen and oxygen atoms in total. The van der Waals surface area contributed by atoms with Crippen molar-refractivity contribution < 1.29 is 0 Å². The molecule has 1 aromatic carbocycles. The fraction of sp³-hybridized carbons (Fsp3) is 0.500. The Morgan fingerprint density at radius 2 is 1.79 bits per heavy atom. The van der Waals surface area contributed by atoms with Crippen LogP contribution in [0.5, 0.6) is 0 Å². The van der Waals surface area contributed by atoms with Crippen molar-refractivity contribution in [1.29, 1.82) is 0 Å². The first-order valence-electron chi connectivity index (χ1n) is 4.88. The number of benzene rings is 1. The Morgan fingerprint density at radius 1 is 1.21 bits per heavy atom. The van der Waals surface area contributed by atoms with Crippen molar-refractivity contribution in [3.8, 4) is 0 Å². The second-order valence-electron chi connectivity index (χ2n) is 4.22. The van der Waals surface area contributed by atoms with Crippen molar-refractivity contribution in [2.45, 2.75) is 25.8 Å². The summed E-state index contributed by atoms with van der Waals surface area (Å²) in [6, 6.07) is 8.63. The third-order valence-corrected chi connectivity index (χ3v) is 3.49. The van der Waals surface area contributed by atoms with E-state index in [2.05, 4.69) is 44.4 Å². The van der Waals surface area contributed by atoms with Gasteiger partial charge in [0.05, 0.1) is 0 Å². The lowest BCUT2D eigenvalue weighted by Crippen LogP contribution is -2.20. The van der Waals surface area contributed by atoms with Crippen molar-refractivity contribution in [2.75, 3.05) is 12.0 Å². The average molecular weight is 209 g/mol. The Morgan fingerprint density at radius 3 is 2.21 bits per heavy atom. The van der Waals surface area contributed by atoms with E-state index in [1.54, 1.807) is 0 Å². The zero-order valence-corrected chi connectivity index (χ0v) is 10.0. The van der Waals surface area contributed by atoms with Crippen molar-refractivity contribution in [3.63, 3.8) is 0 Å². The molecule has 0 aliphatic carbocycles. The second kappa shape index (κ2) is 4.85. The number of nitrogens with two attached hydrogens (primary N) is 1. The van der Waals surface area contributed by atoms with E-state index in [1.807, 2.05) is 11.8 Å². The van der Waals surface area contributed by atoms with Crippen LogP contribution in [0.1, 0.15) is 25.0 Å². The fourth-order valence-corrected chi connectivity index (χ4v) is 2.42. The highest BCUT2D eigenvalue weighted by Crippen LogP contribution is 2.26. The molecular weight excluding hydrogens is 190 g/mol. The Kier molecular flexibility index (Phi) is 4.02. The van der Waals surface area contributed by atoms with Gasteiger partial charge in [0.25, 0.3) is 0 Å². The molecule has 0 radical (unpaired) electrons. The van der Waals surface area contributed by atoms with Gasteiger partial charge < -0.3 is 5.73 Å². The summed E-state index contributed by atoms with van der Waals surface area (Å²) < 4.78 is 0. The molecule has 0 spiro atoms. The van der Waals surface area contributed by atoms with Gasteiger partial charge in [-0.3, -0.25) is 0 Å². The highest BCUT2D eigenvalue weighted by atomic mass is 32.2. The van der Waals surface area contributed by atoms with Crippen LogP contribution in [0.15, 0.2) is 24.3 Å². The number of hydrogen-bond acceptors (Lipinski definition) is 2. The third-order valence-electron chi connectivity index (χ3n) is 2.48. The smallest absolute Gasteiger partial charge is 0.0178 e. The van der Waals surface area contributed by atoms with Gasteiger partial charge in [0.1, 0.15) is 0 Å². The van der Waals surface area contributed by atoms with Crippen LogP contribution >= 0.6 is 11.8 Å². The normalized spacial score (nSPS) is 11.7. The maximum absolute atomic E-state index is 5.56. The predicted octanol–water partition coefficient (Wildman–Crippen LogP) is 2.79. The van der Waals surface area contributed by atoms with Crippen LogP contribution in [-0.2, 0) is 12.0 Å². The first-order valence-corrected chi connectivity index (χ1v) is 6.28. The molecule has 0 fully saturated rings. The molecule has 2 heteroatoms. The van der Waals surface area contributed by atoms with Gasteiger partial charge in [-0.15, -0.1) is 0 Å². The van der Waals surface area contributed by atoms with Gasteiger partial charge in [-0.25, -0.2) is 0 Å². The molecule has 0 unspecified atom stereocenters. The highest BCUT2D eigenvalue weighted by Gasteiger charge is 2.19. The largest absolute Gasteiger partial charge is 0.326 e. The van der Waals surface area contributed by atoms with E-state index in [1.165, 1.54) is 11.1 Å². The fourth-order valence-electron chi connectivity index (χ4n) is 1.54. The summed E-state index contributed by atoms with van der Waals surface area (Å²) in [5, 5.41) is 0. The van der Waals surface area contributed by atoms with E-state index in [0.29, 0.717) is 6.54 Å². The van der Waals surface area contributed by atoms with Crippen LogP contribution in [0.25, 0.3) is 0 Å². The van der Waals surface area contributed by atoms with Crippen LogP contribution in [0.4, 0.5) is 0 Å². The molecule has 0 atom stereocenters. The zero-order valence-electron chi connectivity index (χ0n) is 9.21. The minimum Gasteiger partial charge on any atom is -0.326 e. The van der Waals surface area contributed by atoms with Gasteiger partial charge in [0.2, 0.25) is 0 Å². The summed E-state index contributed by atoms with van der Waals surface area (Å²) in [5.74, 6) is 1.15. The van der Waals surface area contributed by atoms with Crippen LogP contribution in [0, 0.1) is 0 Å². The van der Waals surface area contributed by atoms with Crippen LogP contribution in [0.3, 0.4) is 0 Å². The maximum Gasteiger partial charge on any atom is 0.0178 e. The quantitative estimate of drug-likeness (QED) is 0.825. The molecule has 0 amide bonds. The summed E-state index contributed by atoms with van der Waals surface area (Å²) in [6.45, 7) is 5.19. The molecule has 0 aliphatic rings. The second-order valence-corrected chi connectivity index (χ2v) is 5.08. The van der Waals surface area contributed by atoms with Gasteiger partial charge in [0, 0.05) is 12.3 Å². The molecule has 0 bridgehead atoms. The Balaban J connectivity index is 2.85. The summed E-state index contributed by atoms with van der Waals surface area (Å²) in [5.41, 5.74) is 8.42. The van der Waals surface area contributed by atoms with E-state index in [-0.39, 0.29) is 5.41 Å². The molecule has 1 aromatic rings. The summed E-state index contributed by atoms with van der Waals surface area (Å²) in [7, 11) is 0. The van der Waals surface area contributed by atoms with Crippen LogP contribution < -0.4 is 5.73 Å². The van der Waals surface area contributed by atoms with E-state index in [4.69, 9.17) is 5.73 Å². The molecule has 0 aliphatic heterocycles. The Bertz CT molecular complexity index is 277. The molecule has 14 heavy (non-hydrogen) atoms. The van der Waals surface area contributed by atoms with Crippen molar-refractivity contribution in [1.82, 2.24) is 0 Å². The molecule has 1 rings (SSSR count). The standard InChI is InChI=1S/C12H19NS/c1-12(2,9-14-3)11-6-4-10(8-13)5-7-11/h4-7H,8-9,13H2,1-3H3. The number of hydrogen-bond donors (Lipinski definition) is 1. The molecule has 0 saturated carbocycles. The summed E-state index contributed by atoms with van der Waals surface area (Å²) in [6.07, 6.45) is 2.15. The van der Waals surface area contributed by atoms with E-state index >= 15 is 0 Å². The first-order chi connectivity index (χ1) is 6.60. The minimum atomic E-state index is 0.256. The van der Waals surface area contributed by atoms with Crippen LogP contribution in [0.2, 0.25) is 0 Å². The molecule has 0 aromatic heterocycles. The lowest BCUT2D eigenvalue weighted by Gasteiger charge is -2.24. The number of thioether (sulfide) groups is 1. The SMILES string of the molecule is CSCC(C)(C)c1ccc(CN)cc1. The number of rotatable bonds is 4. The molecule has 2 N–H and O–H groups in total. The first kappa shape index (κ1) is 11.6. The lowest BCUT2D eigenvalue weighted by molar-refractivity contribution is 0.602. The van der Waals surface area contributed by atoms with Gasteiger partial charge in [-0.05, 0) is 22.8 Å². The topological polar surface area (TPSA) is 26.0 Å². The van der Waals surface area contributed by atoms with Gasteiger partial charge in [-0.1, -0.05) is 38.1 Å². The Hall–Kier alpha value is -0.470. The van der Waals surface area contributed by atoms with Gasteiger partial charge >= 0.3 is 0 Å². The molecule has 0 heterocycles. The molecule has 0 saturated heterocycles. The van der Waals surface area contributed by atoms with E-state index < -0.39 is 0 Å². The van der Waals surface area contributed by atoms with Gasteiger partial charge in [-0.2, -0.15) is 11.8 Å². The Labute approximate surface area is 91.1 Å². The summed E-state index contributed by atoms with van der Waals surface area (Å²) >= 11 is 1.89. The van der Waals surface area contributed by atoms with Crippen molar-refractivity contribution in [3.05, 3.63) is 35.4 Å². The maximum atomic E-state index is 5.56. The van der Waals surface area contributed by atoms with E-state index in [9.17, 15) is 0 Å². The monoisotopic (exact) mass is 209 g/mol. The van der Waals surface area contributed by atoms with Crippen molar-refractivity contribution in [2.24, 2.45) is 5.73 Å². The average Bonchev–Trinajstić information content (AvgIpc) is 2.18. The molecular formula is C12H19NS. The van der Waals surface area contributed by atoms with Crippen molar-refractivity contribution >= 4 is 11.8 Å².